The highest BCUT2D eigenvalue weighted by molar-refractivity contribution is 6.05. The molecule has 6 heteroatoms. The zero-order valence-corrected chi connectivity index (χ0v) is 11.1. The molecule has 0 atom stereocenters. The molecule has 0 fully saturated rings. The number of nitro groups is 1. The lowest BCUT2D eigenvalue weighted by molar-refractivity contribution is -0.384. The fourth-order valence-corrected chi connectivity index (χ4v) is 1.79. The Kier molecular flexibility index (Phi) is 3.74. The first kappa shape index (κ1) is 13.7. The zero-order chi connectivity index (χ0) is 14.7. The van der Waals surface area contributed by atoms with Gasteiger partial charge in [0, 0.05) is 18.5 Å². The SMILES string of the molecule is Cc1ccc([N+](=O)[O-])c(NC(=O)c2cccnc2)c1C. The maximum absolute atomic E-state index is 12.1. The largest absolute Gasteiger partial charge is 0.316 e. The molecule has 102 valence electrons. The van der Waals surface area contributed by atoms with E-state index in [-0.39, 0.29) is 11.4 Å². The number of hydrogen-bond acceptors (Lipinski definition) is 4. The van der Waals surface area contributed by atoms with Crippen LogP contribution in [-0.2, 0) is 0 Å². The van der Waals surface area contributed by atoms with Gasteiger partial charge in [0.1, 0.15) is 5.69 Å². The maximum Gasteiger partial charge on any atom is 0.293 e. The molecule has 0 spiro atoms. The molecular formula is C14H13N3O3. The molecule has 20 heavy (non-hydrogen) atoms. The van der Waals surface area contributed by atoms with Gasteiger partial charge in [-0.1, -0.05) is 6.07 Å². The number of nitrogens with one attached hydrogen (secondary N) is 1. The Morgan fingerprint density at radius 1 is 1.30 bits per heavy atom. The smallest absolute Gasteiger partial charge is 0.293 e. The van der Waals surface area contributed by atoms with Gasteiger partial charge in [0.2, 0.25) is 0 Å². The fourth-order valence-electron chi connectivity index (χ4n) is 1.79. The highest BCUT2D eigenvalue weighted by atomic mass is 16.6. The normalized spacial score (nSPS) is 10.1. The van der Waals surface area contributed by atoms with Crippen LogP contribution in [0.3, 0.4) is 0 Å². The predicted octanol–water partition coefficient (Wildman–Crippen LogP) is 2.86. The molecule has 1 aromatic carbocycles. The lowest BCUT2D eigenvalue weighted by Gasteiger charge is -2.10. The van der Waals surface area contributed by atoms with Crippen LogP contribution >= 0.6 is 0 Å². The lowest BCUT2D eigenvalue weighted by atomic mass is 10.1. The quantitative estimate of drug-likeness (QED) is 0.687. The topological polar surface area (TPSA) is 85.1 Å². The first-order valence-electron chi connectivity index (χ1n) is 5.96. The number of rotatable bonds is 3. The molecule has 1 N–H and O–H groups in total. The highest BCUT2D eigenvalue weighted by Gasteiger charge is 2.19. The van der Waals surface area contributed by atoms with E-state index in [1.807, 2.05) is 6.92 Å². The second-order valence-corrected chi connectivity index (χ2v) is 4.35. The molecule has 0 radical (unpaired) electrons. The van der Waals surface area contributed by atoms with Gasteiger partial charge in [-0.25, -0.2) is 0 Å². The van der Waals surface area contributed by atoms with Crippen molar-refractivity contribution in [2.24, 2.45) is 0 Å². The summed E-state index contributed by atoms with van der Waals surface area (Å²) in [6.45, 7) is 3.57. The number of anilines is 1. The van der Waals surface area contributed by atoms with Gasteiger partial charge in [-0.2, -0.15) is 0 Å². The Hall–Kier alpha value is -2.76. The number of nitrogens with zero attached hydrogens (tertiary/aromatic N) is 2. The molecule has 0 bridgehead atoms. The van der Waals surface area contributed by atoms with Crippen molar-refractivity contribution < 1.29 is 9.72 Å². The number of carbonyl (C=O) groups is 1. The molecule has 0 saturated heterocycles. The minimum atomic E-state index is -0.509. The number of nitro benzene ring substituents is 1. The Balaban J connectivity index is 2.41. The minimum Gasteiger partial charge on any atom is -0.316 e. The standard InChI is InChI=1S/C14H13N3O3/c1-9-5-6-12(17(19)20)13(10(9)2)16-14(18)11-4-3-7-15-8-11/h3-8H,1-2H3,(H,16,18). The summed E-state index contributed by atoms with van der Waals surface area (Å²) in [4.78, 5) is 26.5. The number of aromatic nitrogens is 1. The second kappa shape index (κ2) is 5.48. The Morgan fingerprint density at radius 3 is 2.65 bits per heavy atom. The summed E-state index contributed by atoms with van der Waals surface area (Å²) in [5.41, 5.74) is 2.01. The average molecular weight is 271 g/mol. The molecule has 2 rings (SSSR count). The minimum absolute atomic E-state index is 0.120. The zero-order valence-electron chi connectivity index (χ0n) is 11.1. The first-order valence-corrected chi connectivity index (χ1v) is 5.96. The van der Waals surface area contributed by atoms with E-state index in [1.54, 1.807) is 31.3 Å². The van der Waals surface area contributed by atoms with Crippen LogP contribution in [0, 0.1) is 24.0 Å². The third-order valence-corrected chi connectivity index (χ3v) is 3.07. The molecule has 0 saturated carbocycles. The van der Waals surface area contributed by atoms with E-state index in [2.05, 4.69) is 10.3 Å². The van der Waals surface area contributed by atoms with Crippen molar-refractivity contribution >= 4 is 17.3 Å². The highest BCUT2D eigenvalue weighted by Crippen LogP contribution is 2.30. The molecule has 6 nitrogen and oxygen atoms in total. The van der Waals surface area contributed by atoms with Crippen LogP contribution in [0.1, 0.15) is 21.5 Å². The Bertz CT molecular complexity index is 669. The number of pyridine rings is 1. The van der Waals surface area contributed by atoms with E-state index in [9.17, 15) is 14.9 Å². The molecule has 1 amide bonds. The van der Waals surface area contributed by atoms with E-state index in [1.165, 1.54) is 12.3 Å². The molecule has 1 aromatic heterocycles. The van der Waals surface area contributed by atoms with E-state index >= 15 is 0 Å². The second-order valence-electron chi connectivity index (χ2n) is 4.35. The predicted molar refractivity (Wildman–Crippen MR) is 74.8 cm³/mol. The van der Waals surface area contributed by atoms with Gasteiger partial charge < -0.3 is 5.32 Å². The summed E-state index contributed by atoms with van der Waals surface area (Å²) in [5.74, 6) is -0.421. The third kappa shape index (κ3) is 2.64. The van der Waals surface area contributed by atoms with E-state index in [0.29, 0.717) is 11.1 Å². The van der Waals surface area contributed by atoms with Crippen LogP contribution < -0.4 is 5.32 Å². The van der Waals surface area contributed by atoms with E-state index < -0.39 is 10.8 Å². The van der Waals surface area contributed by atoms with Gasteiger partial charge >= 0.3 is 0 Å². The summed E-state index contributed by atoms with van der Waals surface area (Å²) < 4.78 is 0. The van der Waals surface area contributed by atoms with Crippen LogP contribution in [0.15, 0.2) is 36.7 Å². The van der Waals surface area contributed by atoms with Gasteiger partial charge in [0.25, 0.3) is 11.6 Å². The number of amides is 1. The van der Waals surface area contributed by atoms with Crippen LogP contribution in [0.5, 0.6) is 0 Å². The monoisotopic (exact) mass is 271 g/mol. The van der Waals surface area contributed by atoms with Gasteiger partial charge in [0.15, 0.2) is 0 Å². The van der Waals surface area contributed by atoms with Crippen molar-refractivity contribution in [2.45, 2.75) is 13.8 Å². The summed E-state index contributed by atoms with van der Waals surface area (Å²) in [7, 11) is 0. The molecule has 0 unspecified atom stereocenters. The van der Waals surface area contributed by atoms with Crippen LogP contribution in [0.25, 0.3) is 0 Å². The number of carbonyl (C=O) groups excluding carboxylic acids is 1. The van der Waals surface area contributed by atoms with Crippen LogP contribution in [0.4, 0.5) is 11.4 Å². The average Bonchev–Trinajstić information content (AvgIpc) is 2.44. The summed E-state index contributed by atoms with van der Waals surface area (Å²) in [5, 5.41) is 13.6. The molecule has 1 heterocycles. The van der Waals surface area contributed by atoms with Crippen molar-refractivity contribution in [3.05, 3.63) is 63.5 Å². The number of hydrogen-bond donors (Lipinski definition) is 1. The molecule has 2 aromatic rings. The lowest BCUT2D eigenvalue weighted by Crippen LogP contribution is -2.14. The molecule has 0 aliphatic rings. The van der Waals surface area contributed by atoms with E-state index in [4.69, 9.17) is 0 Å². The van der Waals surface area contributed by atoms with Crippen molar-refractivity contribution in [3.8, 4) is 0 Å². The number of benzene rings is 1. The summed E-state index contributed by atoms with van der Waals surface area (Å²) in [6.07, 6.45) is 2.96. The van der Waals surface area contributed by atoms with Crippen LogP contribution in [-0.4, -0.2) is 15.8 Å². The van der Waals surface area contributed by atoms with Gasteiger partial charge in [0.05, 0.1) is 10.5 Å². The Morgan fingerprint density at radius 2 is 2.05 bits per heavy atom. The van der Waals surface area contributed by atoms with Crippen LogP contribution in [0.2, 0.25) is 0 Å². The van der Waals surface area contributed by atoms with Crippen molar-refractivity contribution in [2.75, 3.05) is 5.32 Å². The van der Waals surface area contributed by atoms with Gasteiger partial charge in [-0.15, -0.1) is 0 Å². The Labute approximate surface area is 115 Å². The third-order valence-electron chi connectivity index (χ3n) is 3.07. The van der Waals surface area contributed by atoms with Gasteiger partial charge in [-0.05, 0) is 37.1 Å². The molecule has 0 aliphatic carbocycles. The molecular weight excluding hydrogens is 258 g/mol. The van der Waals surface area contributed by atoms with Crippen molar-refractivity contribution in [3.63, 3.8) is 0 Å². The maximum atomic E-state index is 12.1. The molecule has 0 aliphatic heterocycles. The van der Waals surface area contributed by atoms with Gasteiger partial charge in [-0.3, -0.25) is 19.9 Å². The first-order chi connectivity index (χ1) is 9.50. The summed E-state index contributed by atoms with van der Waals surface area (Å²) >= 11 is 0. The van der Waals surface area contributed by atoms with Crippen molar-refractivity contribution in [1.29, 1.82) is 0 Å². The summed E-state index contributed by atoms with van der Waals surface area (Å²) in [6, 6.07) is 6.28. The fraction of sp³-hybridized carbons (Fsp3) is 0.143. The number of aryl methyl sites for hydroxylation is 1. The van der Waals surface area contributed by atoms with Crippen molar-refractivity contribution in [1.82, 2.24) is 4.98 Å². The van der Waals surface area contributed by atoms with E-state index in [0.717, 1.165) is 5.56 Å².